The Labute approximate surface area is 170 Å². The average Bonchev–Trinajstić information content (AvgIpc) is 3.24. The fourth-order valence-corrected chi connectivity index (χ4v) is 3.23. The monoisotopic (exact) mass is 410 g/mol. The number of nitrogens with one attached hydrogen (secondary N) is 1. The highest BCUT2D eigenvalue weighted by Crippen LogP contribution is 2.22. The standard InChI is InChI=1S/C20H16ClFN6O/c1-13-16(20(21)28(26-13)15-8-6-14(22)7-9-15)10-24-25-19(29)11-27-12-23-17-4-2-3-5-18(17)27/h2-10,12H,11H2,1H3,(H,25,29)/b24-10-. The summed E-state index contributed by atoms with van der Waals surface area (Å²) in [5.41, 5.74) is 5.97. The van der Waals surface area contributed by atoms with Crippen molar-refractivity contribution in [3.63, 3.8) is 0 Å². The van der Waals surface area contributed by atoms with Crippen LogP contribution in [0.5, 0.6) is 0 Å². The molecule has 0 aliphatic heterocycles. The van der Waals surface area contributed by atoms with E-state index >= 15 is 0 Å². The summed E-state index contributed by atoms with van der Waals surface area (Å²) in [6, 6.07) is 13.4. The number of imidazole rings is 1. The van der Waals surface area contributed by atoms with Crippen LogP contribution in [0.25, 0.3) is 16.7 Å². The number of carbonyl (C=O) groups is 1. The molecule has 0 aliphatic rings. The SMILES string of the molecule is Cc1nn(-c2ccc(F)cc2)c(Cl)c1/C=N\NC(=O)Cn1cnc2ccccc21. The van der Waals surface area contributed by atoms with Crippen molar-refractivity contribution < 1.29 is 9.18 Å². The van der Waals surface area contributed by atoms with Crippen molar-refractivity contribution in [2.75, 3.05) is 0 Å². The maximum absolute atomic E-state index is 13.1. The summed E-state index contributed by atoms with van der Waals surface area (Å²) in [6.45, 7) is 1.85. The van der Waals surface area contributed by atoms with Crippen molar-refractivity contribution in [3.8, 4) is 5.69 Å². The highest BCUT2D eigenvalue weighted by molar-refractivity contribution is 6.32. The minimum absolute atomic E-state index is 0.0827. The molecule has 29 heavy (non-hydrogen) atoms. The van der Waals surface area contributed by atoms with E-state index in [1.165, 1.54) is 23.0 Å². The number of fused-ring (bicyclic) bond motifs is 1. The van der Waals surface area contributed by atoms with Crippen molar-refractivity contribution >= 4 is 34.8 Å². The number of hydrogen-bond donors (Lipinski definition) is 1. The maximum atomic E-state index is 13.1. The second-order valence-corrected chi connectivity index (χ2v) is 6.69. The van der Waals surface area contributed by atoms with Crippen LogP contribution in [0.4, 0.5) is 4.39 Å². The van der Waals surface area contributed by atoms with Crippen LogP contribution in [-0.2, 0) is 11.3 Å². The van der Waals surface area contributed by atoms with E-state index in [-0.39, 0.29) is 18.3 Å². The fourth-order valence-electron chi connectivity index (χ4n) is 2.91. The van der Waals surface area contributed by atoms with Gasteiger partial charge in [0.25, 0.3) is 5.91 Å². The molecule has 9 heteroatoms. The number of para-hydroxylation sites is 2. The van der Waals surface area contributed by atoms with Crippen LogP contribution < -0.4 is 5.43 Å². The Balaban J connectivity index is 1.46. The molecule has 0 aliphatic carbocycles. The highest BCUT2D eigenvalue weighted by Gasteiger charge is 2.13. The van der Waals surface area contributed by atoms with Crippen LogP contribution in [0.1, 0.15) is 11.3 Å². The number of hydrogen-bond acceptors (Lipinski definition) is 4. The molecule has 0 spiro atoms. The number of nitrogens with zero attached hydrogens (tertiary/aromatic N) is 5. The normalized spacial score (nSPS) is 11.4. The Hall–Kier alpha value is -3.52. The van der Waals surface area contributed by atoms with Gasteiger partial charge < -0.3 is 4.57 Å². The first kappa shape index (κ1) is 18.8. The Bertz CT molecular complexity index is 1210. The minimum atomic E-state index is -0.344. The first-order valence-corrected chi connectivity index (χ1v) is 9.13. The topological polar surface area (TPSA) is 77.1 Å². The van der Waals surface area contributed by atoms with Crippen molar-refractivity contribution in [1.29, 1.82) is 0 Å². The van der Waals surface area contributed by atoms with Crippen LogP contribution in [0.3, 0.4) is 0 Å². The number of amides is 1. The summed E-state index contributed by atoms with van der Waals surface area (Å²) >= 11 is 6.39. The quantitative estimate of drug-likeness (QED) is 0.404. The van der Waals surface area contributed by atoms with Gasteiger partial charge >= 0.3 is 0 Å². The van der Waals surface area contributed by atoms with Gasteiger partial charge in [-0.2, -0.15) is 10.2 Å². The molecule has 4 rings (SSSR count). The molecule has 0 fully saturated rings. The van der Waals surface area contributed by atoms with Crippen LogP contribution in [-0.4, -0.2) is 31.5 Å². The molecule has 146 valence electrons. The smallest absolute Gasteiger partial charge is 0.260 e. The lowest BCUT2D eigenvalue weighted by Gasteiger charge is -2.03. The number of carbonyl (C=O) groups excluding carboxylic acids is 1. The third kappa shape index (κ3) is 3.88. The van der Waals surface area contributed by atoms with Crippen LogP contribution in [0, 0.1) is 12.7 Å². The third-order valence-electron chi connectivity index (χ3n) is 4.34. The van der Waals surface area contributed by atoms with Gasteiger partial charge in [0.15, 0.2) is 0 Å². The summed E-state index contributed by atoms with van der Waals surface area (Å²) in [6.07, 6.45) is 3.05. The molecule has 1 N–H and O–H groups in total. The summed E-state index contributed by atoms with van der Waals surface area (Å²) < 4.78 is 16.3. The van der Waals surface area contributed by atoms with Crippen molar-refractivity contribution in [2.24, 2.45) is 5.10 Å². The predicted molar refractivity (Wildman–Crippen MR) is 109 cm³/mol. The minimum Gasteiger partial charge on any atom is -0.321 e. The molecule has 2 aromatic carbocycles. The zero-order valence-corrected chi connectivity index (χ0v) is 16.1. The second kappa shape index (κ2) is 7.84. The van der Waals surface area contributed by atoms with Gasteiger partial charge in [0.05, 0.1) is 40.5 Å². The molecular weight excluding hydrogens is 395 g/mol. The fraction of sp³-hybridized carbons (Fsp3) is 0.100. The molecule has 0 radical (unpaired) electrons. The lowest BCUT2D eigenvalue weighted by Crippen LogP contribution is -2.22. The summed E-state index contributed by atoms with van der Waals surface area (Å²) in [5.74, 6) is -0.645. The number of benzene rings is 2. The molecule has 1 amide bonds. The van der Waals surface area contributed by atoms with Gasteiger partial charge in [-0.1, -0.05) is 23.7 Å². The summed E-state index contributed by atoms with van der Waals surface area (Å²) in [4.78, 5) is 16.5. The number of aryl methyl sites for hydroxylation is 1. The number of hydrazone groups is 1. The molecule has 7 nitrogen and oxygen atoms in total. The lowest BCUT2D eigenvalue weighted by molar-refractivity contribution is -0.121. The molecule has 0 saturated carbocycles. The number of halogens is 2. The Kier molecular flexibility index (Phi) is 5.09. The van der Waals surface area contributed by atoms with Gasteiger partial charge in [0.1, 0.15) is 17.5 Å². The van der Waals surface area contributed by atoms with Crippen LogP contribution >= 0.6 is 11.6 Å². The van der Waals surface area contributed by atoms with E-state index < -0.39 is 0 Å². The highest BCUT2D eigenvalue weighted by atomic mass is 35.5. The molecular formula is C20H16ClFN6O. The molecule has 0 atom stereocenters. The molecule has 0 saturated heterocycles. The first-order valence-electron chi connectivity index (χ1n) is 8.76. The molecule has 0 unspecified atom stereocenters. The number of aromatic nitrogens is 4. The van der Waals surface area contributed by atoms with E-state index in [0.717, 1.165) is 11.0 Å². The van der Waals surface area contributed by atoms with Gasteiger partial charge in [0.2, 0.25) is 0 Å². The summed E-state index contributed by atoms with van der Waals surface area (Å²) in [5, 5.41) is 8.65. The van der Waals surface area contributed by atoms with E-state index in [0.29, 0.717) is 22.1 Å². The first-order chi connectivity index (χ1) is 14.0. The van der Waals surface area contributed by atoms with Gasteiger partial charge in [-0.3, -0.25) is 4.79 Å². The van der Waals surface area contributed by atoms with E-state index in [1.54, 1.807) is 30.0 Å². The van der Waals surface area contributed by atoms with Crippen molar-refractivity contribution in [1.82, 2.24) is 24.8 Å². The van der Waals surface area contributed by atoms with Gasteiger partial charge in [-0.25, -0.2) is 19.5 Å². The second-order valence-electron chi connectivity index (χ2n) is 6.33. The van der Waals surface area contributed by atoms with Gasteiger partial charge in [-0.15, -0.1) is 0 Å². The van der Waals surface area contributed by atoms with E-state index in [9.17, 15) is 9.18 Å². The number of rotatable bonds is 5. The van der Waals surface area contributed by atoms with Crippen LogP contribution in [0.2, 0.25) is 5.15 Å². The largest absolute Gasteiger partial charge is 0.321 e. The maximum Gasteiger partial charge on any atom is 0.260 e. The van der Waals surface area contributed by atoms with E-state index in [1.807, 2.05) is 24.3 Å². The third-order valence-corrected chi connectivity index (χ3v) is 4.71. The zero-order chi connectivity index (χ0) is 20.4. The van der Waals surface area contributed by atoms with Crippen molar-refractivity contribution in [2.45, 2.75) is 13.5 Å². The molecule has 2 aromatic heterocycles. The summed E-state index contributed by atoms with van der Waals surface area (Å²) in [7, 11) is 0. The zero-order valence-electron chi connectivity index (χ0n) is 15.4. The lowest BCUT2D eigenvalue weighted by atomic mass is 10.3. The predicted octanol–water partition coefficient (Wildman–Crippen LogP) is 3.47. The van der Waals surface area contributed by atoms with Gasteiger partial charge in [0, 0.05) is 0 Å². The molecule has 2 heterocycles. The molecule has 4 aromatic rings. The Morgan fingerprint density at radius 2 is 2.00 bits per heavy atom. The molecule has 0 bridgehead atoms. The average molecular weight is 411 g/mol. The van der Waals surface area contributed by atoms with E-state index in [4.69, 9.17) is 11.6 Å². The Morgan fingerprint density at radius 3 is 2.79 bits per heavy atom. The van der Waals surface area contributed by atoms with E-state index in [2.05, 4.69) is 20.6 Å². The van der Waals surface area contributed by atoms with Crippen LogP contribution in [0.15, 0.2) is 60.0 Å². The Morgan fingerprint density at radius 1 is 1.24 bits per heavy atom. The van der Waals surface area contributed by atoms with Crippen molar-refractivity contribution in [3.05, 3.63) is 77.1 Å². The van der Waals surface area contributed by atoms with Gasteiger partial charge in [-0.05, 0) is 43.3 Å².